The summed E-state index contributed by atoms with van der Waals surface area (Å²) in [6.07, 6.45) is 0. The third-order valence-corrected chi connectivity index (χ3v) is 5.56. The van der Waals surface area contributed by atoms with Gasteiger partial charge in [0.25, 0.3) is 5.91 Å². The standard InChI is InChI=1S/C25H22FN5O3/c1-13-23(14(2)31(30-13)12-16-5-4-6-17(9-16)15(3)32)29-25(34)22-11-20(24(27)33)19-8-7-18(26)10-21(19)28-22/h4-11H,12H2,1-3H3,(H2,27,33)(H,29,34). The average Bonchev–Trinajstić information content (AvgIpc) is 3.05. The van der Waals surface area contributed by atoms with Crippen molar-refractivity contribution in [2.75, 3.05) is 5.32 Å². The summed E-state index contributed by atoms with van der Waals surface area (Å²) in [7, 11) is 0. The number of primary amides is 1. The second kappa shape index (κ2) is 8.86. The van der Waals surface area contributed by atoms with E-state index in [1.807, 2.05) is 19.1 Å². The predicted octanol–water partition coefficient (Wildman–Crippen LogP) is 3.79. The maximum atomic E-state index is 13.7. The Morgan fingerprint density at radius 1 is 1.09 bits per heavy atom. The normalized spacial score (nSPS) is 10.9. The molecule has 9 heteroatoms. The first-order valence-corrected chi connectivity index (χ1v) is 10.5. The van der Waals surface area contributed by atoms with Gasteiger partial charge in [-0.05, 0) is 50.6 Å². The summed E-state index contributed by atoms with van der Waals surface area (Å²) in [5, 5.41) is 7.66. The number of pyridine rings is 1. The minimum absolute atomic E-state index is 0.0266. The van der Waals surface area contributed by atoms with Crippen LogP contribution >= 0.6 is 0 Å². The van der Waals surface area contributed by atoms with Gasteiger partial charge in [-0.25, -0.2) is 9.37 Å². The van der Waals surface area contributed by atoms with Crippen LogP contribution in [0.3, 0.4) is 0 Å². The van der Waals surface area contributed by atoms with Gasteiger partial charge in [-0.15, -0.1) is 0 Å². The highest BCUT2D eigenvalue weighted by Crippen LogP contribution is 2.23. The minimum atomic E-state index is -0.749. The summed E-state index contributed by atoms with van der Waals surface area (Å²) in [6, 6.07) is 12.3. The Labute approximate surface area is 194 Å². The van der Waals surface area contributed by atoms with E-state index in [0.29, 0.717) is 34.6 Å². The largest absolute Gasteiger partial charge is 0.366 e. The number of aromatic nitrogens is 3. The second-order valence-corrected chi connectivity index (χ2v) is 7.99. The van der Waals surface area contributed by atoms with E-state index in [1.165, 1.54) is 25.1 Å². The molecule has 2 aromatic heterocycles. The number of Topliss-reactive ketones (excluding diaryl/α,β-unsaturated/α-hetero) is 1. The van der Waals surface area contributed by atoms with Crippen LogP contribution in [-0.2, 0) is 6.54 Å². The zero-order chi connectivity index (χ0) is 24.6. The number of anilines is 1. The zero-order valence-corrected chi connectivity index (χ0v) is 18.8. The fourth-order valence-corrected chi connectivity index (χ4v) is 3.79. The SMILES string of the molecule is CC(=O)c1cccc(Cn2nc(C)c(NC(=O)c3cc(C(N)=O)c4ccc(F)cc4n3)c2C)c1. The topological polar surface area (TPSA) is 120 Å². The molecule has 0 radical (unpaired) electrons. The second-order valence-electron chi connectivity index (χ2n) is 7.99. The molecule has 0 unspecified atom stereocenters. The van der Waals surface area contributed by atoms with Crippen LogP contribution in [0.4, 0.5) is 10.1 Å². The molecule has 2 aromatic carbocycles. The van der Waals surface area contributed by atoms with E-state index < -0.39 is 17.6 Å². The van der Waals surface area contributed by atoms with Gasteiger partial charge in [-0.2, -0.15) is 5.10 Å². The number of nitrogens with zero attached hydrogens (tertiary/aromatic N) is 3. The third kappa shape index (κ3) is 4.40. The maximum Gasteiger partial charge on any atom is 0.274 e. The molecule has 4 rings (SSSR count). The molecular formula is C25H22FN5O3. The van der Waals surface area contributed by atoms with Gasteiger partial charge in [0, 0.05) is 17.0 Å². The van der Waals surface area contributed by atoms with Gasteiger partial charge in [0.05, 0.1) is 34.7 Å². The van der Waals surface area contributed by atoms with Gasteiger partial charge in [-0.3, -0.25) is 19.1 Å². The summed E-state index contributed by atoms with van der Waals surface area (Å²) in [6.45, 7) is 5.48. The van der Waals surface area contributed by atoms with E-state index in [9.17, 15) is 18.8 Å². The Morgan fingerprint density at radius 2 is 1.85 bits per heavy atom. The third-order valence-electron chi connectivity index (χ3n) is 5.56. The van der Waals surface area contributed by atoms with Crippen molar-refractivity contribution in [2.24, 2.45) is 5.73 Å². The molecule has 0 atom stereocenters. The Balaban J connectivity index is 1.65. The lowest BCUT2D eigenvalue weighted by molar-refractivity contribution is 0.0997. The molecule has 0 fully saturated rings. The molecule has 0 aliphatic rings. The van der Waals surface area contributed by atoms with E-state index in [4.69, 9.17) is 5.73 Å². The van der Waals surface area contributed by atoms with Crippen LogP contribution in [0, 0.1) is 19.7 Å². The van der Waals surface area contributed by atoms with Crippen molar-refractivity contribution in [3.63, 3.8) is 0 Å². The zero-order valence-electron chi connectivity index (χ0n) is 18.8. The molecule has 0 saturated heterocycles. The molecule has 0 aliphatic carbocycles. The number of carbonyl (C=O) groups excluding carboxylic acids is 3. The fourth-order valence-electron chi connectivity index (χ4n) is 3.79. The molecule has 172 valence electrons. The summed E-state index contributed by atoms with van der Waals surface area (Å²) < 4.78 is 15.4. The predicted molar refractivity (Wildman–Crippen MR) is 125 cm³/mol. The lowest BCUT2D eigenvalue weighted by Gasteiger charge is -2.10. The molecule has 3 N–H and O–H groups in total. The summed E-state index contributed by atoms with van der Waals surface area (Å²) in [4.78, 5) is 40.8. The number of carbonyl (C=O) groups is 3. The number of nitrogens with two attached hydrogens (primary N) is 1. The Morgan fingerprint density at radius 3 is 2.56 bits per heavy atom. The number of aryl methyl sites for hydroxylation is 1. The Hall–Kier alpha value is -4.40. The number of amides is 2. The van der Waals surface area contributed by atoms with Gasteiger partial charge in [0.15, 0.2) is 5.78 Å². The minimum Gasteiger partial charge on any atom is -0.366 e. The molecule has 0 aliphatic heterocycles. The summed E-state index contributed by atoms with van der Waals surface area (Å²) >= 11 is 0. The first-order chi connectivity index (χ1) is 16.1. The Bertz CT molecular complexity index is 1480. The lowest BCUT2D eigenvalue weighted by Crippen LogP contribution is -2.18. The monoisotopic (exact) mass is 459 g/mol. The van der Waals surface area contributed by atoms with Crippen molar-refractivity contribution in [1.82, 2.24) is 14.8 Å². The molecular weight excluding hydrogens is 437 g/mol. The summed E-state index contributed by atoms with van der Waals surface area (Å²) in [5.74, 6) is -1.91. The van der Waals surface area contributed by atoms with Gasteiger partial charge in [-0.1, -0.05) is 18.2 Å². The summed E-state index contributed by atoms with van der Waals surface area (Å²) in [5.41, 5.74) is 8.88. The first kappa shape index (κ1) is 22.8. The van der Waals surface area contributed by atoms with Crippen molar-refractivity contribution in [3.8, 4) is 0 Å². The van der Waals surface area contributed by atoms with Crippen LogP contribution in [-0.4, -0.2) is 32.4 Å². The van der Waals surface area contributed by atoms with Crippen LogP contribution in [0.2, 0.25) is 0 Å². The smallest absolute Gasteiger partial charge is 0.274 e. The van der Waals surface area contributed by atoms with Crippen molar-refractivity contribution < 1.29 is 18.8 Å². The highest BCUT2D eigenvalue weighted by molar-refractivity contribution is 6.10. The van der Waals surface area contributed by atoms with Crippen molar-refractivity contribution >= 4 is 34.2 Å². The van der Waals surface area contributed by atoms with Crippen LogP contribution in [0.25, 0.3) is 10.9 Å². The van der Waals surface area contributed by atoms with Crippen LogP contribution in [0.1, 0.15) is 55.1 Å². The van der Waals surface area contributed by atoms with Crippen LogP contribution < -0.4 is 11.1 Å². The molecule has 0 bridgehead atoms. The maximum absolute atomic E-state index is 13.7. The first-order valence-electron chi connectivity index (χ1n) is 10.5. The molecule has 0 spiro atoms. The van der Waals surface area contributed by atoms with Gasteiger partial charge in [0.2, 0.25) is 5.91 Å². The number of hydrogen-bond acceptors (Lipinski definition) is 5. The lowest BCUT2D eigenvalue weighted by atomic mass is 10.1. The van der Waals surface area contributed by atoms with E-state index in [-0.39, 0.29) is 22.6 Å². The number of ketones is 1. The van der Waals surface area contributed by atoms with Crippen LogP contribution in [0.15, 0.2) is 48.5 Å². The van der Waals surface area contributed by atoms with Gasteiger partial charge >= 0.3 is 0 Å². The average molecular weight is 459 g/mol. The van der Waals surface area contributed by atoms with Gasteiger partial charge < -0.3 is 11.1 Å². The van der Waals surface area contributed by atoms with Crippen LogP contribution in [0.5, 0.6) is 0 Å². The molecule has 8 nitrogen and oxygen atoms in total. The van der Waals surface area contributed by atoms with Crippen molar-refractivity contribution in [1.29, 1.82) is 0 Å². The molecule has 34 heavy (non-hydrogen) atoms. The Kier molecular flexibility index (Phi) is 5.93. The van der Waals surface area contributed by atoms with Gasteiger partial charge in [0.1, 0.15) is 11.5 Å². The molecule has 2 amide bonds. The highest BCUT2D eigenvalue weighted by atomic mass is 19.1. The quantitative estimate of drug-likeness (QED) is 0.425. The van der Waals surface area contributed by atoms with E-state index in [1.54, 1.807) is 23.7 Å². The molecule has 4 aromatic rings. The van der Waals surface area contributed by atoms with E-state index in [0.717, 1.165) is 11.6 Å². The number of nitrogens with one attached hydrogen (secondary N) is 1. The van der Waals surface area contributed by atoms with E-state index >= 15 is 0 Å². The van der Waals surface area contributed by atoms with Crippen molar-refractivity contribution in [2.45, 2.75) is 27.3 Å². The molecule has 2 heterocycles. The fraction of sp³-hybridized carbons (Fsp3) is 0.160. The highest BCUT2D eigenvalue weighted by Gasteiger charge is 2.19. The molecule has 0 saturated carbocycles. The number of fused-ring (bicyclic) bond motifs is 1. The number of halogens is 1. The van der Waals surface area contributed by atoms with Crippen molar-refractivity contribution in [3.05, 3.63) is 88.1 Å². The number of hydrogen-bond donors (Lipinski definition) is 2. The number of benzene rings is 2. The number of rotatable bonds is 6. The van der Waals surface area contributed by atoms with E-state index in [2.05, 4.69) is 15.4 Å².